The summed E-state index contributed by atoms with van der Waals surface area (Å²) in [5.41, 5.74) is 0. The lowest BCUT2D eigenvalue weighted by atomic mass is 10.5. The maximum absolute atomic E-state index is 6.69. The highest BCUT2D eigenvalue weighted by Gasteiger charge is 1.58. The monoisotopic (exact) mass is 159 g/mol. The van der Waals surface area contributed by atoms with Gasteiger partial charge in [0.2, 0.25) is 0 Å². The molecular weight excluding hydrogens is 149 g/mol. The predicted octanol–water partition coefficient (Wildman–Crippen LogP) is 0.287. The highest BCUT2D eigenvalue weighted by molar-refractivity contribution is 7.74. The number of pyridine rings is 1. The second-order valence-corrected chi connectivity index (χ2v) is 1.02. The Bertz CT molecular complexity index is 88.9. The van der Waals surface area contributed by atoms with E-state index in [2.05, 4.69) is 17.9 Å². The number of thiol groups is 1. The molecule has 0 bridgehead atoms. The standard InChI is InChI=1S/C5H5N.Al.H2OS.3H/c1-2-4-6-5-3-1;;1-2;;;/h1-5H;;1-2H;;;. The number of rotatable bonds is 0. The molecule has 0 aromatic carbocycles. The molecule has 0 saturated carbocycles. The Labute approximate surface area is 70.7 Å². The first-order chi connectivity index (χ1) is 4.00. The van der Waals surface area contributed by atoms with Gasteiger partial charge in [-0.3, -0.25) is 4.98 Å². The van der Waals surface area contributed by atoms with Crippen LogP contribution in [0.15, 0.2) is 30.6 Å². The highest BCUT2D eigenvalue weighted by Crippen LogP contribution is 1.73. The Morgan fingerprint density at radius 3 is 1.56 bits per heavy atom. The molecule has 0 aliphatic heterocycles. The molecule has 0 radical (unpaired) electrons. The van der Waals surface area contributed by atoms with Crippen molar-refractivity contribution < 1.29 is 4.55 Å². The van der Waals surface area contributed by atoms with Gasteiger partial charge in [-0.2, -0.15) is 0 Å². The molecular formula is C5H10AlNOS. The van der Waals surface area contributed by atoms with Gasteiger partial charge in [0, 0.05) is 12.4 Å². The Morgan fingerprint density at radius 1 is 1.00 bits per heavy atom. The Morgan fingerprint density at radius 2 is 1.44 bits per heavy atom. The molecule has 1 heterocycles. The van der Waals surface area contributed by atoms with Crippen LogP contribution in [0.5, 0.6) is 0 Å². The Balaban J connectivity index is 0. The molecule has 1 aromatic heterocycles. The largest absolute Gasteiger partial charge is 0.333 e. The number of hydrogen-bond acceptors (Lipinski definition) is 3. The van der Waals surface area contributed by atoms with Gasteiger partial charge < -0.3 is 4.55 Å². The minimum absolute atomic E-state index is 0. The van der Waals surface area contributed by atoms with E-state index in [4.69, 9.17) is 4.55 Å². The van der Waals surface area contributed by atoms with Crippen LogP contribution in [-0.2, 0) is 0 Å². The van der Waals surface area contributed by atoms with Gasteiger partial charge in [-0.1, -0.05) is 6.07 Å². The Hall–Kier alpha value is -0.00753. The first kappa shape index (κ1) is 11.7. The smallest absolute Gasteiger partial charge is 0.187 e. The fourth-order valence-electron chi connectivity index (χ4n) is 0.313. The van der Waals surface area contributed by atoms with E-state index in [9.17, 15) is 0 Å². The molecule has 0 aliphatic rings. The summed E-state index contributed by atoms with van der Waals surface area (Å²) in [7, 11) is 0. The van der Waals surface area contributed by atoms with Crippen molar-refractivity contribution in [3.8, 4) is 0 Å². The van der Waals surface area contributed by atoms with Gasteiger partial charge in [-0.05, 0) is 25.0 Å². The van der Waals surface area contributed by atoms with E-state index in [1.807, 2.05) is 18.2 Å². The summed E-state index contributed by atoms with van der Waals surface area (Å²) in [5, 5.41) is 0. The van der Waals surface area contributed by atoms with Crippen LogP contribution in [0.1, 0.15) is 0 Å². The van der Waals surface area contributed by atoms with Gasteiger partial charge in [-0.25, -0.2) is 0 Å². The van der Waals surface area contributed by atoms with Gasteiger partial charge in [-0.15, -0.1) is 0 Å². The van der Waals surface area contributed by atoms with Gasteiger partial charge in [0.05, 0.1) is 0 Å². The second kappa shape index (κ2) is 10.9. The third kappa shape index (κ3) is 7.99. The summed E-state index contributed by atoms with van der Waals surface area (Å²) >= 11 is 2.53. The van der Waals surface area contributed by atoms with E-state index in [1.54, 1.807) is 12.4 Å². The number of hydrogen-bond donors (Lipinski definition) is 2. The lowest BCUT2D eigenvalue weighted by Gasteiger charge is -1.70. The minimum atomic E-state index is 0. The molecule has 4 heteroatoms. The molecule has 1 rings (SSSR count). The van der Waals surface area contributed by atoms with Crippen LogP contribution >= 0.6 is 12.9 Å². The highest BCUT2D eigenvalue weighted by atomic mass is 32.1. The molecule has 50 valence electrons. The van der Waals surface area contributed by atoms with E-state index >= 15 is 0 Å². The molecule has 2 nitrogen and oxygen atoms in total. The van der Waals surface area contributed by atoms with Crippen LogP contribution in [0.25, 0.3) is 0 Å². The minimum Gasteiger partial charge on any atom is -0.333 e. The predicted molar refractivity (Wildman–Crippen MR) is 45.8 cm³/mol. The second-order valence-electron chi connectivity index (χ2n) is 1.02. The van der Waals surface area contributed by atoms with Crippen LogP contribution in [-0.4, -0.2) is 26.9 Å². The molecule has 1 aromatic rings. The molecule has 0 atom stereocenters. The lowest BCUT2D eigenvalue weighted by Crippen LogP contribution is -1.58. The summed E-state index contributed by atoms with van der Waals surface area (Å²) in [6, 6.07) is 5.72. The van der Waals surface area contributed by atoms with E-state index in [1.165, 1.54) is 0 Å². The summed E-state index contributed by atoms with van der Waals surface area (Å²) in [4.78, 5) is 3.78. The molecule has 9 heavy (non-hydrogen) atoms. The molecule has 0 spiro atoms. The lowest BCUT2D eigenvalue weighted by molar-refractivity contribution is 0.679. The molecule has 0 amide bonds. The third-order valence-electron chi connectivity index (χ3n) is 0.566. The zero-order valence-corrected chi connectivity index (χ0v) is 5.12. The van der Waals surface area contributed by atoms with Crippen molar-refractivity contribution >= 4 is 30.3 Å². The topological polar surface area (TPSA) is 33.1 Å². The maximum Gasteiger partial charge on any atom is 0.187 e. The summed E-state index contributed by atoms with van der Waals surface area (Å²) in [6.45, 7) is 0. The molecule has 0 fully saturated rings. The van der Waals surface area contributed by atoms with Crippen LogP contribution in [0, 0.1) is 0 Å². The van der Waals surface area contributed by atoms with E-state index < -0.39 is 0 Å². The zero-order valence-electron chi connectivity index (χ0n) is 4.23. The van der Waals surface area contributed by atoms with E-state index in [-0.39, 0.29) is 17.4 Å². The van der Waals surface area contributed by atoms with Crippen LogP contribution < -0.4 is 0 Å². The quantitative estimate of drug-likeness (QED) is 0.324. The number of aromatic nitrogens is 1. The summed E-state index contributed by atoms with van der Waals surface area (Å²) < 4.78 is 6.69. The van der Waals surface area contributed by atoms with Crippen molar-refractivity contribution in [2.75, 3.05) is 0 Å². The first-order valence-corrected chi connectivity index (χ1v) is 2.45. The molecule has 0 unspecified atom stereocenters. The van der Waals surface area contributed by atoms with Crippen molar-refractivity contribution in [3.63, 3.8) is 0 Å². The molecule has 0 aliphatic carbocycles. The van der Waals surface area contributed by atoms with E-state index in [0.29, 0.717) is 0 Å². The summed E-state index contributed by atoms with van der Waals surface area (Å²) in [6.07, 6.45) is 3.50. The Kier molecular flexibility index (Phi) is 14.2. The molecule has 0 saturated heterocycles. The van der Waals surface area contributed by atoms with Crippen molar-refractivity contribution in [3.05, 3.63) is 30.6 Å². The zero-order chi connectivity index (χ0) is 6.24. The fourth-order valence-corrected chi connectivity index (χ4v) is 0.313. The van der Waals surface area contributed by atoms with Crippen molar-refractivity contribution in [1.82, 2.24) is 4.98 Å². The first-order valence-electron chi connectivity index (χ1n) is 2.05. The van der Waals surface area contributed by atoms with Crippen molar-refractivity contribution in [1.29, 1.82) is 0 Å². The summed E-state index contributed by atoms with van der Waals surface area (Å²) in [5.74, 6) is 0. The average molecular weight is 159 g/mol. The van der Waals surface area contributed by atoms with Gasteiger partial charge in [0.1, 0.15) is 0 Å². The molecule has 1 N–H and O–H groups in total. The van der Waals surface area contributed by atoms with Gasteiger partial charge in [0.25, 0.3) is 0 Å². The van der Waals surface area contributed by atoms with Gasteiger partial charge >= 0.3 is 0 Å². The third-order valence-corrected chi connectivity index (χ3v) is 0.566. The van der Waals surface area contributed by atoms with Crippen LogP contribution in [0.4, 0.5) is 0 Å². The van der Waals surface area contributed by atoms with E-state index in [0.717, 1.165) is 0 Å². The normalized spacial score (nSPS) is 6.00. The van der Waals surface area contributed by atoms with Gasteiger partial charge in [0.15, 0.2) is 17.4 Å². The fraction of sp³-hybridized carbons (Fsp3) is 0. The maximum atomic E-state index is 6.69. The van der Waals surface area contributed by atoms with Crippen molar-refractivity contribution in [2.24, 2.45) is 0 Å². The van der Waals surface area contributed by atoms with Crippen molar-refractivity contribution in [2.45, 2.75) is 0 Å². The van der Waals surface area contributed by atoms with Crippen LogP contribution in [0.3, 0.4) is 0 Å². The number of nitrogens with zero attached hydrogens (tertiary/aromatic N) is 1. The van der Waals surface area contributed by atoms with Crippen LogP contribution in [0.2, 0.25) is 0 Å². The average Bonchev–Trinajstić information content (AvgIpc) is 1.96. The SMILES string of the molecule is OS.[AlH3].c1ccncc1.